The lowest BCUT2D eigenvalue weighted by Gasteiger charge is -2.45. The number of aromatic nitrogens is 2. The van der Waals surface area contributed by atoms with Crippen LogP contribution in [0.4, 0.5) is 0 Å². The fourth-order valence-electron chi connectivity index (χ4n) is 4.11. The smallest absolute Gasteiger partial charge is 0.268 e. The first kappa shape index (κ1) is 18.3. The number of nitrogens with zero attached hydrogens (tertiary/aromatic N) is 3. The van der Waals surface area contributed by atoms with E-state index >= 15 is 0 Å². The molecular weight excluding hydrogens is 336 g/mol. The average molecular weight is 365 g/mol. The maximum absolute atomic E-state index is 13.1. The van der Waals surface area contributed by atoms with Crippen LogP contribution in [0.15, 0.2) is 0 Å². The van der Waals surface area contributed by atoms with Crippen molar-refractivity contribution < 1.29 is 9.59 Å². The Balaban J connectivity index is 1.86. The Labute approximate surface area is 153 Å². The number of nitrogens with one attached hydrogen (secondary N) is 1. The molecule has 138 valence electrons. The summed E-state index contributed by atoms with van der Waals surface area (Å²) < 4.78 is 3.89. The fraction of sp³-hybridized carbons (Fsp3) is 0.778. The first-order valence-corrected chi connectivity index (χ1v) is 9.95. The number of rotatable bonds is 2. The van der Waals surface area contributed by atoms with Crippen molar-refractivity contribution in [2.75, 3.05) is 6.54 Å². The van der Waals surface area contributed by atoms with Gasteiger partial charge in [0.25, 0.3) is 5.91 Å². The zero-order chi connectivity index (χ0) is 18.2. The number of aryl methyl sites for hydroxylation is 1. The molecule has 25 heavy (non-hydrogen) atoms. The van der Waals surface area contributed by atoms with Crippen LogP contribution < -0.4 is 5.32 Å². The van der Waals surface area contributed by atoms with E-state index in [0.29, 0.717) is 29.0 Å². The lowest BCUT2D eigenvalue weighted by Crippen LogP contribution is -2.59. The van der Waals surface area contributed by atoms with E-state index < -0.39 is 6.04 Å². The Bertz CT molecular complexity index is 652. The summed E-state index contributed by atoms with van der Waals surface area (Å²) in [6.45, 7) is 8.39. The van der Waals surface area contributed by atoms with E-state index in [9.17, 15) is 9.59 Å². The zero-order valence-electron chi connectivity index (χ0n) is 15.5. The standard InChI is InChI=1S/C18H28N4O2S/c1-11-15(25-21-20-11)17(24)22-10-13-8-6-5-7-12(13)9-14(22)16(23)19-18(2,3)4/h12-14H,5-10H2,1-4H3,(H,19,23)/t12-,13+,14-/m0/s1. The maximum Gasteiger partial charge on any atom is 0.268 e. The highest BCUT2D eigenvalue weighted by Gasteiger charge is 2.43. The normalized spacial score (nSPS) is 26.9. The van der Waals surface area contributed by atoms with Crippen molar-refractivity contribution in [3.05, 3.63) is 10.6 Å². The Kier molecular flexibility index (Phi) is 5.14. The molecule has 0 radical (unpaired) electrons. The minimum absolute atomic E-state index is 0.0417. The number of amides is 2. The van der Waals surface area contributed by atoms with Gasteiger partial charge in [-0.3, -0.25) is 9.59 Å². The Morgan fingerprint density at radius 3 is 2.48 bits per heavy atom. The molecule has 1 aliphatic carbocycles. The number of hydrogen-bond donors (Lipinski definition) is 1. The number of hydrogen-bond acceptors (Lipinski definition) is 5. The van der Waals surface area contributed by atoms with Gasteiger partial charge in [0.1, 0.15) is 10.9 Å². The monoisotopic (exact) mass is 364 g/mol. The average Bonchev–Trinajstić information content (AvgIpc) is 2.97. The van der Waals surface area contributed by atoms with Gasteiger partial charge in [0.2, 0.25) is 5.91 Å². The highest BCUT2D eigenvalue weighted by molar-refractivity contribution is 7.08. The minimum Gasteiger partial charge on any atom is -0.350 e. The number of piperidine rings is 1. The highest BCUT2D eigenvalue weighted by Crippen LogP contribution is 2.39. The van der Waals surface area contributed by atoms with Crippen molar-refractivity contribution >= 4 is 23.3 Å². The van der Waals surface area contributed by atoms with Crippen molar-refractivity contribution in [3.63, 3.8) is 0 Å². The van der Waals surface area contributed by atoms with Gasteiger partial charge in [0.15, 0.2) is 0 Å². The van der Waals surface area contributed by atoms with Crippen molar-refractivity contribution in [2.24, 2.45) is 11.8 Å². The number of carbonyl (C=O) groups excluding carboxylic acids is 2. The van der Waals surface area contributed by atoms with Crippen molar-refractivity contribution in [2.45, 2.75) is 71.4 Å². The summed E-state index contributed by atoms with van der Waals surface area (Å²) in [5, 5.41) is 7.03. The van der Waals surface area contributed by atoms with E-state index in [2.05, 4.69) is 14.9 Å². The predicted octanol–water partition coefficient (Wildman–Crippen LogP) is 2.78. The van der Waals surface area contributed by atoms with Crippen LogP contribution in [-0.4, -0.2) is 44.4 Å². The second-order valence-corrected chi connectivity index (χ2v) is 9.19. The van der Waals surface area contributed by atoms with Gasteiger partial charge >= 0.3 is 0 Å². The summed E-state index contributed by atoms with van der Waals surface area (Å²) in [5.41, 5.74) is 0.340. The molecule has 1 aromatic heterocycles. The third-order valence-electron chi connectivity index (χ3n) is 5.31. The molecular formula is C18H28N4O2S. The molecule has 0 aromatic carbocycles. The van der Waals surface area contributed by atoms with Crippen LogP contribution in [0.1, 0.15) is 68.2 Å². The molecule has 0 spiro atoms. The van der Waals surface area contributed by atoms with Gasteiger partial charge in [-0.1, -0.05) is 23.8 Å². The second kappa shape index (κ2) is 7.02. The number of likely N-dealkylation sites (tertiary alicyclic amines) is 1. The fourth-order valence-corrected chi connectivity index (χ4v) is 4.73. The van der Waals surface area contributed by atoms with Crippen LogP contribution in [0.3, 0.4) is 0 Å². The van der Waals surface area contributed by atoms with Crippen molar-refractivity contribution in [1.29, 1.82) is 0 Å². The molecule has 2 amide bonds. The molecule has 1 N–H and O–H groups in total. The molecule has 3 atom stereocenters. The lowest BCUT2D eigenvalue weighted by atomic mass is 9.72. The number of carbonyl (C=O) groups is 2. The third-order valence-corrected chi connectivity index (χ3v) is 6.12. The van der Waals surface area contributed by atoms with Crippen molar-refractivity contribution in [3.8, 4) is 0 Å². The summed E-state index contributed by atoms with van der Waals surface area (Å²) in [6, 6.07) is -0.396. The molecule has 2 fully saturated rings. The predicted molar refractivity (Wildman–Crippen MR) is 97.4 cm³/mol. The van der Waals surface area contributed by atoms with Gasteiger partial charge in [-0.05, 0) is 63.9 Å². The lowest BCUT2D eigenvalue weighted by molar-refractivity contribution is -0.130. The molecule has 1 saturated carbocycles. The molecule has 1 saturated heterocycles. The molecule has 3 rings (SSSR count). The van der Waals surface area contributed by atoms with E-state index in [4.69, 9.17) is 0 Å². The molecule has 2 aliphatic rings. The Morgan fingerprint density at radius 1 is 1.20 bits per heavy atom. The molecule has 0 unspecified atom stereocenters. The van der Waals surface area contributed by atoms with Crippen LogP contribution in [0.5, 0.6) is 0 Å². The van der Waals surface area contributed by atoms with E-state index in [0.717, 1.165) is 24.4 Å². The topological polar surface area (TPSA) is 75.2 Å². The van der Waals surface area contributed by atoms with Gasteiger partial charge in [-0.2, -0.15) is 0 Å². The van der Waals surface area contributed by atoms with Crippen LogP contribution >= 0.6 is 11.5 Å². The van der Waals surface area contributed by atoms with Crippen molar-refractivity contribution in [1.82, 2.24) is 19.8 Å². The second-order valence-electron chi connectivity index (χ2n) is 8.44. The summed E-state index contributed by atoms with van der Waals surface area (Å²) in [7, 11) is 0. The highest BCUT2D eigenvalue weighted by atomic mass is 32.1. The molecule has 0 bridgehead atoms. The number of fused-ring (bicyclic) bond motifs is 1. The molecule has 7 heteroatoms. The minimum atomic E-state index is -0.396. The molecule has 2 heterocycles. The summed E-state index contributed by atoms with van der Waals surface area (Å²) in [5.74, 6) is 0.928. The van der Waals surface area contributed by atoms with Gasteiger partial charge in [-0.25, -0.2) is 0 Å². The van der Waals surface area contributed by atoms with E-state index in [-0.39, 0.29) is 17.4 Å². The maximum atomic E-state index is 13.1. The molecule has 6 nitrogen and oxygen atoms in total. The van der Waals surface area contributed by atoms with E-state index in [1.807, 2.05) is 20.8 Å². The Morgan fingerprint density at radius 2 is 1.88 bits per heavy atom. The largest absolute Gasteiger partial charge is 0.350 e. The molecule has 1 aromatic rings. The summed E-state index contributed by atoms with van der Waals surface area (Å²) in [4.78, 5) is 28.4. The zero-order valence-corrected chi connectivity index (χ0v) is 16.4. The third kappa shape index (κ3) is 4.02. The first-order chi connectivity index (χ1) is 11.8. The van der Waals surface area contributed by atoms with Crippen LogP contribution in [0, 0.1) is 18.8 Å². The van der Waals surface area contributed by atoms with Crippen LogP contribution in [0.2, 0.25) is 0 Å². The van der Waals surface area contributed by atoms with Gasteiger partial charge in [0, 0.05) is 12.1 Å². The summed E-state index contributed by atoms with van der Waals surface area (Å²) in [6.07, 6.45) is 5.56. The molecule has 1 aliphatic heterocycles. The summed E-state index contributed by atoms with van der Waals surface area (Å²) >= 11 is 1.12. The first-order valence-electron chi connectivity index (χ1n) is 9.18. The van der Waals surface area contributed by atoms with Crippen LogP contribution in [-0.2, 0) is 4.79 Å². The van der Waals surface area contributed by atoms with E-state index in [1.165, 1.54) is 19.3 Å². The van der Waals surface area contributed by atoms with Gasteiger partial charge in [-0.15, -0.1) is 5.10 Å². The SMILES string of the molecule is Cc1nnsc1C(=O)N1C[C@H]2CCCC[C@H]2C[C@H]1C(=O)NC(C)(C)C. The van der Waals surface area contributed by atoms with Crippen LogP contribution in [0.25, 0.3) is 0 Å². The van der Waals surface area contributed by atoms with E-state index in [1.54, 1.807) is 11.8 Å². The van der Waals surface area contributed by atoms with Gasteiger partial charge in [0.05, 0.1) is 5.69 Å². The van der Waals surface area contributed by atoms with Gasteiger partial charge < -0.3 is 10.2 Å². The Hall–Kier alpha value is -1.50. The quantitative estimate of drug-likeness (QED) is 0.875.